The average molecular weight is 199 g/mol. The molecule has 0 aliphatic heterocycles. The van der Waals surface area contributed by atoms with Gasteiger partial charge in [-0.2, -0.15) is 0 Å². The number of nitrogens with one attached hydrogen (secondary N) is 1. The first-order valence-electron chi connectivity index (χ1n) is 5.71. The van der Waals surface area contributed by atoms with Gasteiger partial charge in [-0.05, 0) is 49.1 Å². The predicted octanol–water partition coefficient (Wildman–Crippen LogP) is 2.14. The standard InChI is InChI=1S/C14H17N/c1-2-15-10-4-5-12-8-9-13-6-3-7-14(13)11-12/h8-9,11,15H,2-3,6-7,10H2,1H3. The lowest BCUT2D eigenvalue weighted by Gasteiger charge is -1.98. The van der Waals surface area contributed by atoms with Crippen LogP contribution in [0.4, 0.5) is 0 Å². The van der Waals surface area contributed by atoms with Crippen LogP contribution in [0.25, 0.3) is 0 Å². The molecule has 78 valence electrons. The van der Waals surface area contributed by atoms with E-state index in [9.17, 15) is 0 Å². The Morgan fingerprint density at radius 2 is 2.13 bits per heavy atom. The molecular weight excluding hydrogens is 182 g/mol. The average Bonchev–Trinajstić information content (AvgIpc) is 2.71. The second-order valence-electron chi connectivity index (χ2n) is 3.92. The Labute approximate surface area is 91.9 Å². The lowest BCUT2D eigenvalue weighted by molar-refractivity contribution is 0.811. The van der Waals surface area contributed by atoms with Crippen LogP contribution in [-0.4, -0.2) is 13.1 Å². The Morgan fingerprint density at radius 1 is 1.27 bits per heavy atom. The lowest BCUT2D eigenvalue weighted by atomic mass is 10.1. The lowest BCUT2D eigenvalue weighted by Crippen LogP contribution is -2.11. The summed E-state index contributed by atoms with van der Waals surface area (Å²) < 4.78 is 0. The zero-order chi connectivity index (χ0) is 10.5. The Bertz CT molecular complexity index is 396. The first kappa shape index (κ1) is 10.3. The molecule has 15 heavy (non-hydrogen) atoms. The zero-order valence-electron chi connectivity index (χ0n) is 9.27. The van der Waals surface area contributed by atoms with Crippen LogP contribution in [0, 0.1) is 11.8 Å². The minimum absolute atomic E-state index is 0.785. The number of fused-ring (bicyclic) bond motifs is 1. The van der Waals surface area contributed by atoms with Gasteiger partial charge in [0.25, 0.3) is 0 Å². The van der Waals surface area contributed by atoms with Crippen LogP contribution < -0.4 is 5.32 Å². The van der Waals surface area contributed by atoms with Gasteiger partial charge in [-0.15, -0.1) is 0 Å². The molecule has 0 fully saturated rings. The highest BCUT2D eigenvalue weighted by Crippen LogP contribution is 2.22. The molecule has 2 rings (SSSR count). The van der Waals surface area contributed by atoms with E-state index in [1.165, 1.54) is 30.4 Å². The number of rotatable bonds is 2. The van der Waals surface area contributed by atoms with Gasteiger partial charge in [-0.3, -0.25) is 0 Å². The summed E-state index contributed by atoms with van der Waals surface area (Å²) in [5.41, 5.74) is 4.19. The van der Waals surface area contributed by atoms with Crippen molar-refractivity contribution in [3.8, 4) is 11.8 Å². The van der Waals surface area contributed by atoms with Crippen molar-refractivity contribution in [2.75, 3.05) is 13.1 Å². The predicted molar refractivity (Wildman–Crippen MR) is 63.9 cm³/mol. The third-order valence-corrected chi connectivity index (χ3v) is 2.79. The highest BCUT2D eigenvalue weighted by atomic mass is 14.8. The number of hydrogen-bond acceptors (Lipinski definition) is 1. The molecule has 0 unspecified atom stereocenters. The van der Waals surface area contributed by atoms with E-state index in [-0.39, 0.29) is 0 Å². The Morgan fingerprint density at radius 3 is 3.00 bits per heavy atom. The van der Waals surface area contributed by atoms with Gasteiger partial charge in [0.15, 0.2) is 0 Å². The quantitative estimate of drug-likeness (QED) is 0.568. The zero-order valence-corrected chi connectivity index (χ0v) is 9.27. The van der Waals surface area contributed by atoms with Crippen LogP contribution in [-0.2, 0) is 12.8 Å². The van der Waals surface area contributed by atoms with E-state index in [1.807, 2.05) is 0 Å². The van der Waals surface area contributed by atoms with Crippen molar-refractivity contribution in [1.82, 2.24) is 5.32 Å². The highest BCUT2D eigenvalue weighted by Gasteiger charge is 2.09. The Hall–Kier alpha value is -1.26. The fourth-order valence-electron chi connectivity index (χ4n) is 1.98. The minimum atomic E-state index is 0.785. The molecule has 1 nitrogen and oxygen atoms in total. The van der Waals surface area contributed by atoms with E-state index < -0.39 is 0 Å². The van der Waals surface area contributed by atoms with Gasteiger partial charge in [0, 0.05) is 5.56 Å². The molecule has 0 spiro atoms. The molecule has 1 aromatic rings. The van der Waals surface area contributed by atoms with Crippen LogP contribution in [0.15, 0.2) is 18.2 Å². The number of aryl methyl sites for hydroxylation is 2. The van der Waals surface area contributed by atoms with Gasteiger partial charge < -0.3 is 5.32 Å². The fourth-order valence-corrected chi connectivity index (χ4v) is 1.98. The van der Waals surface area contributed by atoms with Crippen LogP contribution >= 0.6 is 0 Å². The number of hydrogen-bond donors (Lipinski definition) is 1. The second-order valence-corrected chi connectivity index (χ2v) is 3.92. The van der Waals surface area contributed by atoms with E-state index >= 15 is 0 Å². The fraction of sp³-hybridized carbons (Fsp3) is 0.429. The molecule has 1 N–H and O–H groups in total. The Kier molecular flexibility index (Phi) is 3.42. The van der Waals surface area contributed by atoms with E-state index in [2.05, 4.69) is 42.3 Å². The van der Waals surface area contributed by atoms with Crippen molar-refractivity contribution in [2.24, 2.45) is 0 Å². The smallest absolute Gasteiger partial charge is 0.0580 e. The van der Waals surface area contributed by atoms with Crippen molar-refractivity contribution in [3.05, 3.63) is 34.9 Å². The Balaban J connectivity index is 2.05. The van der Waals surface area contributed by atoms with E-state index in [1.54, 1.807) is 0 Å². The molecule has 1 heteroatoms. The largest absolute Gasteiger partial charge is 0.306 e. The normalized spacial score (nSPS) is 13.1. The molecule has 0 radical (unpaired) electrons. The SMILES string of the molecule is CCNCC#Cc1ccc2c(c1)CCC2. The molecule has 0 atom stereocenters. The summed E-state index contributed by atoms with van der Waals surface area (Å²) in [4.78, 5) is 0. The molecular formula is C14H17N. The summed E-state index contributed by atoms with van der Waals surface area (Å²) >= 11 is 0. The number of benzene rings is 1. The van der Waals surface area contributed by atoms with Crippen molar-refractivity contribution >= 4 is 0 Å². The topological polar surface area (TPSA) is 12.0 Å². The molecule has 1 aliphatic rings. The van der Waals surface area contributed by atoms with Crippen LogP contribution in [0.2, 0.25) is 0 Å². The van der Waals surface area contributed by atoms with Crippen molar-refractivity contribution < 1.29 is 0 Å². The van der Waals surface area contributed by atoms with Crippen LogP contribution in [0.1, 0.15) is 30.0 Å². The first-order valence-corrected chi connectivity index (χ1v) is 5.71. The third-order valence-electron chi connectivity index (χ3n) is 2.79. The highest BCUT2D eigenvalue weighted by molar-refractivity contribution is 5.42. The minimum Gasteiger partial charge on any atom is -0.306 e. The van der Waals surface area contributed by atoms with E-state index in [4.69, 9.17) is 0 Å². The summed E-state index contributed by atoms with van der Waals surface area (Å²) in [6.07, 6.45) is 3.79. The summed E-state index contributed by atoms with van der Waals surface area (Å²) in [7, 11) is 0. The van der Waals surface area contributed by atoms with Gasteiger partial charge in [-0.1, -0.05) is 24.8 Å². The van der Waals surface area contributed by atoms with Gasteiger partial charge in [-0.25, -0.2) is 0 Å². The molecule has 0 saturated heterocycles. The summed E-state index contributed by atoms with van der Waals surface area (Å²) in [5.74, 6) is 6.33. The van der Waals surface area contributed by atoms with Crippen molar-refractivity contribution in [1.29, 1.82) is 0 Å². The summed E-state index contributed by atoms with van der Waals surface area (Å²) in [6, 6.07) is 6.63. The summed E-state index contributed by atoms with van der Waals surface area (Å²) in [6.45, 7) is 3.86. The third kappa shape index (κ3) is 2.61. The van der Waals surface area contributed by atoms with Crippen LogP contribution in [0.5, 0.6) is 0 Å². The van der Waals surface area contributed by atoms with Gasteiger partial charge in [0.05, 0.1) is 6.54 Å². The maximum Gasteiger partial charge on any atom is 0.0580 e. The molecule has 0 aromatic heterocycles. The van der Waals surface area contributed by atoms with Crippen molar-refractivity contribution in [3.63, 3.8) is 0 Å². The van der Waals surface area contributed by atoms with Gasteiger partial charge in [0.1, 0.15) is 0 Å². The maximum atomic E-state index is 3.20. The maximum absolute atomic E-state index is 3.20. The first-order chi connectivity index (χ1) is 7.40. The molecule has 0 saturated carbocycles. The van der Waals surface area contributed by atoms with E-state index in [0.717, 1.165) is 18.7 Å². The van der Waals surface area contributed by atoms with Gasteiger partial charge in [0.2, 0.25) is 0 Å². The molecule has 0 heterocycles. The molecule has 1 aromatic carbocycles. The van der Waals surface area contributed by atoms with Crippen molar-refractivity contribution in [2.45, 2.75) is 26.2 Å². The second kappa shape index (κ2) is 5.00. The van der Waals surface area contributed by atoms with Crippen LogP contribution in [0.3, 0.4) is 0 Å². The van der Waals surface area contributed by atoms with Gasteiger partial charge >= 0.3 is 0 Å². The summed E-state index contributed by atoms with van der Waals surface area (Å²) in [5, 5.41) is 3.20. The molecule has 1 aliphatic carbocycles. The molecule has 0 amide bonds. The van der Waals surface area contributed by atoms with E-state index in [0.29, 0.717) is 0 Å². The monoisotopic (exact) mass is 199 g/mol. The molecule has 0 bridgehead atoms.